The molecule has 1 amide bonds. The number of anilines is 1. The van der Waals surface area contributed by atoms with Gasteiger partial charge in [0.25, 0.3) is 5.91 Å². The number of aromatic hydroxyl groups is 1. The largest absolute Gasteiger partial charge is 0.506 e. The van der Waals surface area contributed by atoms with Gasteiger partial charge in [-0.1, -0.05) is 16.7 Å². The van der Waals surface area contributed by atoms with Crippen LogP contribution < -0.4 is 5.32 Å². The van der Waals surface area contributed by atoms with Crippen molar-refractivity contribution >= 4 is 23.5 Å². The molecule has 0 atom stereocenters. The van der Waals surface area contributed by atoms with Gasteiger partial charge in [0.2, 0.25) is 5.89 Å². The first kappa shape index (κ1) is 11.4. The van der Waals surface area contributed by atoms with Crippen LogP contribution in [0, 0.1) is 6.92 Å². The summed E-state index contributed by atoms with van der Waals surface area (Å²) in [6.45, 7) is 1.61. The summed E-state index contributed by atoms with van der Waals surface area (Å²) in [5.41, 5.74) is 0.281. The number of phenolic OH excluding ortho intramolecular Hbond substituents is 1. The van der Waals surface area contributed by atoms with Gasteiger partial charge in [0.05, 0.1) is 5.02 Å². The van der Waals surface area contributed by atoms with E-state index < -0.39 is 5.91 Å². The first-order chi connectivity index (χ1) is 8.06. The van der Waals surface area contributed by atoms with E-state index in [1.807, 2.05) is 0 Å². The highest BCUT2D eigenvalue weighted by Crippen LogP contribution is 2.23. The quantitative estimate of drug-likeness (QED) is 0.854. The highest BCUT2D eigenvalue weighted by atomic mass is 35.5. The summed E-state index contributed by atoms with van der Waals surface area (Å²) in [7, 11) is 0. The number of phenols is 1. The van der Waals surface area contributed by atoms with Gasteiger partial charge in [-0.05, 0) is 18.2 Å². The number of halogens is 1. The maximum Gasteiger partial charge on any atom is 0.322 e. The standard InChI is InChI=1S/C10H8ClN3O3/c1-5-13-14-10(17-5)12-9(16)6-2-3-8(15)7(11)4-6/h2-4,15H,1H3,(H,12,14,16). The Bertz CT molecular complexity index is 568. The van der Waals surface area contributed by atoms with E-state index >= 15 is 0 Å². The van der Waals surface area contributed by atoms with E-state index in [0.717, 1.165) is 0 Å². The minimum Gasteiger partial charge on any atom is -0.506 e. The summed E-state index contributed by atoms with van der Waals surface area (Å²) in [6.07, 6.45) is 0. The van der Waals surface area contributed by atoms with Crippen molar-refractivity contribution in [2.75, 3.05) is 5.32 Å². The van der Waals surface area contributed by atoms with Crippen molar-refractivity contribution in [3.05, 3.63) is 34.7 Å². The molecule has 88 valence electrons. The molecule has 2 aromatic rings. The van der Waals surface area contributed by atoms with Crippen LogP contribution in [0.25, 0.3) is 0 Å². The molecule has 2 N–H and O–H groups in total. The molecule has 1 aromatic heterocycles. The second kappa shape index (κ2) is 4.42. The van der Waals surface area contributed by atoms with Crippen LogP contribution in [0.3, 0.4) is 0 Å². The predicted octanol–water partition coefficient (Wildman–Crippen LogP) is 1.99. The fraction of sp³-hybridized carbons (Fsp3) is 0.100. The number of carbonyl (C=O) groups is 1. The van der Waals surface area contributed by atoms with Crippen molar-refractivity contribution < 1.29 is 14.3 Å². The van der Waals surface area contributed by atoms with E-state index in [1.165, 1.54) is 18.2 Å². The monoisotopic (exact) mass is 253 g/mol. The van der Waals surface area contributed by atoms with Crippen molar-refractivity contribution in [3.63, 3.8) is 0 Å². The molecule has 2 rings (SSSR count). The fourth-order valence-electron chi connectivity index (χ4n) is 1.16. The van der Waals surface area contributed by atoms with Gasteiger partial charge >= 0.3 is 6.01 Å². The predicted molar refractivity (Wildman–Crippen MR) is 60.1 cm³/mol. The normalized spacial score (nSPS) is 10.2. The lowest BCUT2D eigenvalue weighted by Crippen LogP contribution is -2.12. The van der Waals surface area contributed by atoms with Gasteiger partial charge in [-0.15, -0.1) is 5.10 Å². The molecule has 0 radical (unpaired) electrons. The van der Waals surface area contributed by atoms with Crippen LogP contribution in [0.15, 0.2) is 22.6 Å². The molecule has 1 aromatic carbocycles. The SMILES string of the molecule is Cc1nnc(NC(=O)c2ccc(O)c(Cl)c2)o1. The minimum absolute atomic E-state index is 0.0108. The highest BCUT2D eigenvalue weighted by Gasteiger charge is 2.11. The summed E-state index contributed by atoms with van der Waals surface area (Å²) in [4.78, 5) is 11.7. The molecular weight excluding hydrogens is 246 g/mol. The Morgan fingerprint density at radius 3 is 2.82 bits per heavy atom. The number of aromatic nitrogens is 2. The zero-order valence-electron chi connectivity index (χ0n) is 8.77. The van der Waals surface area contributed by atoms with Crippen LogP contribution in [-0.4, -0.2) is 21.2 Å². The van der Waals surface area contributed by atoms with Gasteiger partial charge in [0.1, 0.15) is 5.75 Å². The minimum atomic E-state index is -0.449. The highest BCUT2D eigenvalue weighted by molar-refractivity contribution is 6.32. The van der Waals surface area contributed by atoms with Crippen LogP contribution >= 0.6 is 11.6 Å². The Labute approximate surface area is 101 Å². The molecule has 17 heavy (non-hydrogen) atoms. The molecule has 0 saturated heterocycles. The molecule has 0 saturated carbocycles. The third-order valence-electron chi connectivity index (χ3n) is 1.96. The Kier molecular flexibility index (Phi) is 2.97. The Morgan fingerprint density at radius 2 is 2.24 bits per heavy atom. The maximum atomic E-state index is 11.7. The molecule has 0 aliphatic carbocycles. The summed E-state index contributed by atoms with van der Waals surface area (Å²) in [6, 6.07) is 4.11. The number of benzene rings is 1. The number of aryl methyl sites for hydroxylation is 1. The zero-order valence-corrected chi connectivity index (χ0v) is 9.52. The average molecular weight is 254 g/mol. The van der Waals surface area contributed by atoms with Gasteiger partial charge in [0.15, 0.2) is 0 Å². The summed E-state index contributed by atoms with van der Waals surface area (Å²) >= 11 is 5.68. The van der Waals surface area contributed by atoms with E-state index in [9.17, 15) is 9.90 Å². The molecule has 0 aliphatic rings. The van der Waals surface area contributed by atoms with Crippen LogP contribution in [0.2, 0.25) is 5.02 Å². The number of hydrogen-bond acceptors (Lipinski definition) is 5. The summed E-state index contributed by atoms with van der Waals surface area (Å²) in [5.74, 6) is -0.184. The molecule has 7 heteroatoms. The first-order valence-corrected chi connectivity index (χ1v) is 5.04. The van der Waals surface area contributed by atoms with Crippen LogP contribution in [-0.2, 0) is 0 Å². The molecule has 0 unspecified atom stereocenters. The third-order valence-corrected chi connectivity index (χ3v) is 2.26. The molecule has 0 bridgehead atoms. The Hall–Kier alpha value is -2.08. The third kappa shape index (κ3) is 2.54. The van der Waals surface area contributed by atoms with E-state index in [-0.39, 0.29) is 22.4 Å². The number of rotatable bonds is 2. The van der Waals surface area contributed by atoms with Gasteiger partial charge in [-0.25, -0.2) is 0 Å². The van der Waals surface area contributed by atoms with Crippen molar-refractivity contribution in [3.8, 4) is 5.75 Å². The molecule has 0 spiro atoms. The smallest absolute Gasteiger partial charge is 0.322 e. The molecule has 0 aliphatic heterocycles. The Balaban J connectivity index is 2.17. The average Bonchev–Trinajstić information content (AvgIpc) is 2.68. The second-order valence-electron chi connectivity index (χ2n) is 3.25. The molecule has 0 fully saturated rings. The van der Waals surface area contributed by atoms with E-state index in [4.69, 9.17) is 16.0 Å². The summed E-state index contributed by atoms with van der Waals surface area (Å²) < 4.78 is 4.99. The molecule has 6 nitrogen and oxygen atoms in total. The van der Waals surface area contributed by atoms with Crippen molar-refractivity contribution in [2.45, 2.75) is 6.92 Å². The van der Waals surface area contributed by atoms with E-state index in [0.29, 0.717) is 5.89 Å². The van der Waals surface area contributed by atoms with Crippen molar-refractivity contribution in [2.24, 2.45) is 0 Å². The maximum absolute atomic E-state index is 11.7. The summed E-state index contributed by atoms with van der Waals surface area (Å²) in [5, 5.41) is 18.9. The van der Waals surface area contributed by atoms with E-state index in [1.54, 1.807) is 6.92 Å². The number of carbonyl (C=O) groups excluding carboxylic acids is 1. The van der Waals surface area contributed by atoms with Gasteiger partial charge in [-0.3, -0.25) is 10.1 Å². The van der Waals surface area contributed by atoms with Crippen LogP contribution in [0.5, 0.6) is 5.75 Å². The number of amides is 1. The van der Waals surface area contributed by atoms with Gasteiger partial charge in [-0.2, -0.15) is 0 Å². The Morgan fingerprint density at radius 1 is 1.47 bits per heavy atom. The van der Waals surface area contributed by atoms with Crippen molar-refractivity contribution in [1.29, 1.82) is 0 Å². The number of nitrogens with zero attached hydrogens (tertiary/aromatic N) is 2. The number of hydrogen-bond donors (Lipinski definition) is 2. The van der Waals surface area contributed by atoms with Crippen molar-refractivity contribution in [1.82, 2.24) is 10.2 Å². The number of nitrogens with one attached hydrogen (secondary N) is 1. The first-order valence-electron chi connectivity index (χ1n) is 4.66. The lowest BCUT2D eigenvalue weighted by molar-refractivity contribution is 0.102. The topological polar surface area (TPSA) is 88.2 Å². The van der Waals surface area contributed by atoms with Gasteiger partial charge in [0, 0.05) is 12.5 Å². The fourth-order valence-corrected chi connectivity index (χ4v) is 1.35. The molecular formula is C10H8ClN3O3. The van der Waals surface area contributed by atoms with E-state index in [2.05, 4.69) is 15.5 Å². The second-order valence-corrected chi connectivity index (χ2v) is 3.65. The van der Waals surface area contributed by atoms with Crippen LogP contribution in [0.4, 0.5) is 6.01 Å². The molecule has 1 heterocycles. The van der Waals surface area contributed by atoms with Crippen LogP contribution in [0.1, 0.15) is 16.2 Å². The zero-order chi connectivity index (χ0) is 12.4. The van der Waals surface area contributed by atoms with Gasteiger partial charge < -0.3 is 9.52 Å². The lowest BCUT2D eigenvalue weighted by atomic mass is 10.2. The lowest BCUT2D eigenvalue weighted by Gasteiger charge is -2.02.